The molecule has 6 heteroatoms. The summed E-state index contributed by atoms with van der Waals surface area (Å²) in [5, 5.41) is 3.60. The van der Waals surface area contributed by atoms with Crippen LogP contribution in [0.15, 0.2) is 66.7 Å². The third kappa shape index (κ3) is 5.79. The third-order valence-corrected chi connectivity index (χ3v) is 6.68. The number of benzene rings is 3. The monoisotopic (exact) mass is 468 g/mol. The lowest BCUT2D eigenvalue weighted by Crippen LogP contribution is -2.45. The molecule has 3 aromatic carbocycles. The number of hydrogen-bond donors (Lipinski definition) is 1. The van der Waals surface area contributed by atoms with E-state index in [1.165, 1.54) is 12.1 Å². The Morgan fingerprint density at radius 2 is 1.73 bits per heavy atom. The topological polar surface area (TPSA) is 32.3 Å². The molecule has 0 aliphatic carbocycles. The van der Waals surface area contributed by atoms with Gasteiger partial charge in [-0.05, 0) is 54.2 Å². The summed E-state index contributed by atoms with van der Waals surface area (Å²) >= 11 is 6.38. The number of rotatable bonds is 6. The number of likely N-dealkylation sites (tertiary alicyclic amines) is 1. The van der Waals surface area contributed by atoms with Crippen LogP contribution in [0.2, 0.25) is 5.02 Å². The van der Waals surface area contributed by atoms with Crippen molar-refractivity contribution in [3.63, 3.8) is 0 Å². The molecule has 0 saturated carbocycles. The van der Waals surface area contributed by atoms with Gasteiger partial charge >= 0.3 is 0 Å². The van der Waals surface area contributed by atoms with Gasteiger partial charge in [-0.3, -0.25) is 9.69 Å². The molecule has 0 aromatic heterocycles. The summed E-state index contributed by atoms with van der Waals surface area (Å²) in [6.07, 6.45) is 0.646. The molecule has 0 spiro atoms. The van der Waals surface area contributed by atoms with Gasteiger partial charge in [0.25, 0.3) is 0 Å². The molecule has 0 bridgehead atoms. The van der Waals surface area contributed by atoms with Crippen LogP contribution in [0, 0.1) is 24.5 Å². The number of aryl methyl sites for hydroxylation is 1. The second kappa shape index (κ2) is 10.4. The van der Waals surface area contributed by atoms with Gasteiger partial charge in [0.05, 0.1) is 5.92 Å². The Bertz CT molecular complexity index is 1140. The van der Waals surface area contributed by atoms with Crippen molar-refractivity contribution in [2.45, 2.75) is 32.4 Å². The molecule has 1 aliphatic heterocycles. The first-order chi connectivity index (χ1) is 15.9. The Morgan fingerprint density at radius 3 is 2.45 bits per heavy atom. The number of halogens is 3. The average Bonchev–Trinajstić information content (AvgIpc) is 2.81. The van der Waals surface area contributed by atoms with Gasteiger partial charge in [-0.15, -0.1) is 0 Å². The summed E-state index contributed by atoms with van der Waals surface area (Å²) in [7, 11) is 0. The molecule has 1 fully saturated rings. The summed E-state index contributed by atoms with van der Waals surface area (Å²) in [5.41, 5.74) is 3.07. The van der Waals surface area contributed by atoms with E-state index in [0.29, 0.717) is 35.7 Å². The largest absolute Gasteiger partial charge is 0.352 e. The molecule has 33 heavy (non-hydrogen) atoms. The zero-order chi connectivity index (χ0) is 23.4. The summed E-state index contributed by atoms with van der Waals surface area (Å²) in [6.45, 7) is 3.83. The molecule has 0 radical (unpaired) electrons. The van der Waals surface area contributed by atoms with Crippen LogP contribution in [0.3, 0.4) is 0 Å². The molecule has 1 N–H and O–H groups in total. The Morgan fingerprint density at radius 1 is 1.00 bits per heavy atom. The predicted molar refractivity (Wildman–Crippen MR) is 127 cm³/mol. The smallest absolute Gasteiger partial charge is 0.224 e. The zero-order valence-electron chi connectivity index (χ0n) is 18.5. The molecule has 4 rings (SSSR count). The second-order valence-corrected chi connectivity index (χ2v) is 9.14. The van der Waals surface area contributed by atoms with Crippen molar-refractivity contribution >= 4 is 17.5 Å². The van der Waals surface area contributed by atoms with Gasteiger partial charge in [0.1, 0.15) is 11.6 Å². The molecule has 1 saturated heterocycles. The van der Waals surface area contributed by atoms with E-state index in [4.69, 9.17) is 11.6 Å². The van der Waals surface area contributed by atoms with Crippen molar-refractivity contribution in [2.24, 2.45) is 5.92 Å². The van der Waals surface area contributed by atoms with Crippen molar-refractivity contribution in [3.05, 3.63) is 106 Å². The van der Waals surface area contributed by atoms with Crippen LogP contribution >= 0.6 is 11.6 Å². The molecule has 3 aromatic rings. The fourth-order valence-corrected chi connectivity index (χ4v) is 4.70. The molecule has 3 nitrogen and oxygen atoms in total. The maximum absolute atomic E-state index is 14.0. The first-order valence-corrected chi connectivity index (χ1v) is 11.5. The SMILES string of the molecule is Cc1cc([C@H]2C[C@@H](C(=O)NCc3ccccc3F)CN(Cc3ccccc3Cl)C2)ccc1F. The normalized spacial score (nSPS) is 18.8. The van der Waals surface area contributed by atoms with E-state index in [1.54, 1.807) is 31.2 Å². The fourth-order valence-electron chi connectivity index (χ4n) is 4.51. The van der Waals surface area contributed by atoms with Crippen LogP contribution in [0.25, 0.3) is 0 Å². The minimum atomic E-state index is -0.332. The maximum Gasteiger partial charge on any atom is 0.224 e. The minimum absolute atomic E-state index is 0.0738. The van der Waals surface area contributed by atoms with E-state index in [1.807, 2.05) is 30.3 Å². The predicted octanol–water partition coefficient (Wildman–Crippen LogP) is 5.85. The highest BCUT2D eigenvalue weighted by Gasteiger charge is 2.32. The van der Waals surface area contributed by atoms with Crippen LogP contribution in [-0.2, 0) is 17.9 Å². The Balaban J connectivity index is 1.53. The highest BCUT2D eigenvalue weighted by atomic mass is 35.5. The molecular formula is C27H27ClF2N2O. The quantitative estimate of drug-likeness (QED) is 0.492. The molecule has 172 valence electrons. The number of nitrogens with one attached hydrogen (secondary N) is 1. The van der Waals surface area contributed by atoms with E-state index < -0.39 is 0 Å². The van der Waals surface area contributed by atoms with Gasteiger partial charge < -0.3 is 5.32 Å². The number of piperidine rings is 1. The average molecular weight is 469 g/mol. The van der Waals surface area contributed by atoms with E-state index in [0.717, 1.165) is 17.7 Å². The number of carbonyl (C=O) groups is 1. The van der Waals surface area contributed by atoms with Gasteiger partial charge in [-0.25, -0.2) is 8.78 Å². The lowest BCUT2D eigenvalue weighted by Gasteiger charge is -2.37. The first kappa shape index (κ1) is 23.4. The van der Waals surface area contributed by atoms with E-state index >= 15 is 0 Å². The zero-order valence-corrected chi connectivity index (χ0v) is 19.3. The first-order valence-electron chi connectivity index (χ1n) is 11.1. The van der Waals surface area contributed by atoms with Crippen LogP contribution in [-0.4, -0.2) is 23.9 Å². The van der Waals surface area contributed by atoms with Crippen molar-refractivity contribution in [2.75, 3.05) is 13.1 Å². The lowest BCUT2D eigenvalue weighted by molar-refractivity contribution is -0.127. The van der Waals surface area contributed by atoms with Crippen LogP contribution in [0.4, 0.5) is 8.78 Å². The minimum Gasteiger partial charge on any atom is -0.352 e. The van der Waals surface area contributed by atoms with Gasteiger partial charge in [-0.2, -0.15) is 0 Å². The number of nitrogens with zero attached hydrogens (tertiary/aromatic N) is 1. The Labute approximate surface area is 198 Å². The number of amides is 1. The third-order valence-electron chi connectivity index (χ3n) is 6.31. The number of hydrogen-bond acceptors (Lipinski definition) is 2. The number of carbonyl (C=O) groups excluding carboxylic acids is 1. The summed E-state index contributed by atoms with van der Waals surface area (Å²) in [4.78, 5) is 15.3. The molecule has 1 heterocycles. The Hall–Kier alpha value is -2.76. The molecule has 1 aliphatic rings. The van der Waals surface area contributed by atoms with Crippen LogP contribution in [0.1, 0.15) is 34.6 Å². The molecule has 1 amide bonds. The van der Waals surface area contributed by atoms with Gasteiger partial charge in [0.15, 0.2) is 0 Å². The van der Waals surface area contributed by atoms with Crippen LogP contribution < -0.4 is 5.32 Å². The standard InChI is InChI=1S/C27H27ClF2N2O/c1-18-12-19(10-11-25(18)29)22-13-23(27(33)31-14-20-6-3-5-9-26(20)30)17-32(16-22)15-21-7-2-4-8-24(21)28/h2-12,22-23H,13-17H2,1H3,(H,31,33)/t22-,23+/m0/s1. The maximum atomic E-state index is 14.0. The second-order valence-electron chi connectivity index (χ2n) is 8.73. The van der Waals surface area contributed by atoms with E-state index in [2.05, 4.69) is 10.2 Å². The highest BCUT2D eigenvalue weighted by Crippen LogP contribution is 2.33. The van der Waals surface area contributed by atoms with E-state index in [-0.39, 0.29) is 35.9 Å². The van der Waals surface area contributed by atoms with Crippen molar-refractivity contribution in [1.82, 2.24) is 10.2 Å². The molecular weight excluding hydrogens is 442 g/mol. The lowest BCUT2D eigenvalue weighted by atomic mass is 9.83. The van der Waals surface area contributed by atoms with Crippen LogP contribution in [0.5, 0.6) is 0 Å². The van der Waals surface area contributed by atoms with Gasteiger partial charge in [0.2, 0.25) is 5.91 Å². The summed E-state index contributed by atoms with van der Waals surface area (Å²) in [5.74, 6) is -0.873. The van der Waals surface area contributed by atoms with E-state index in [9.17, 15) is 13.6 Å². The van der Waals surface area contributed by atoms with Gasteiger partial charge in [0, 0.05) is 36.8 Å². The van der Waals surface area contributed by atoms with Gasteiger partial charge in [-0.1, -0.05) is 60.1 Å². The van der Waals surface area contributed by atoms with Crippen molar-refractivity contribution in [1.29, 1.82) is 0 Å². The Kier molecular flexibility index (Phi) is 7.41. The fraction of sp³-hybridized carbons (Fsp3) is 0.296. The van der Waals surface area contributed by atoms with Crippen molar-refractivity contribution in [3.8, 4) is 0 Å². The molecule has 0 unspecified atom stereocenters. The summed E-state index contributed by atoms with van der Waals surface area (Å²) < 4.78 is 27.8. The summed E-state index contributed by atoms with van der Waals surface area (Å²) in [6, 6.07) is 19.3. The molecule has 2 atom stereocenters. The van der Waals surface area contributed by atoms with Crippen molar-refractivity contribution < 1.29 is 13.6 Å². The highest BCUT2D eigenvalue weighted by molar-refractivity contribution is 6.31.